The molecule has 1 saturated heterocycles. The fourth-order valence-corrected chi connectivity index (χ4v) is 2.23. The van der Waals surface area contributed by atoms with E-state index in [2.05, 4.69) is 0 Å². The molecule has 92 valence electrons. The van der Waals surface area contributed by atoms with Crippen molar-refractivity contribution < 1.29 is 14.3 Å². The van der Waals surface area contributed by atoms with Gasteiger partial charge in [0.1, 0.15) is 6.10 Å². The second kappa shape index (κ2) is 5.32. The maximum absolute atomic E-state index is 11.9. The molecule has 2 atom stereocenters. The van der Waals surface area contributed by atoms with Crippen LogP contribution in [0.15, 0.2) is 30.3 Å². The molecule has 1 aromatic rings. The summed E-state index contributed by atoms with van der Waals surface area (Å²) in [5, 5.41) is 0. The van der Waals surface area contributed by atoms with Crippen molar-refractivity contribution in [2.75, 3.05) is 0 Å². The van der Waals surface area contributed by atoms with Crippen LogP contribution in [0.3, 0.4) is 0 Å². The molecule has 1 aliphatic heterocycles. The lowest BCUT2D eigenvalue weighted by atomic mass is 10.0. The number of esters is 1. The largest absolute Gasteiger partial charge is 0.459 e. The van der Waals surface area contributed by atoms with E-state index in [1.165, 1.54) is 0 Å². The van der Waals surface area contributed by atoms with Crippen LogP contribution in [0.4, 0.5) is 0 Å². The van der Waals surface area contributed by atoms with Crippen LogP contribution in [0, 0.1) is 0 Å². The monoisotopic (exact) mass is 234 g/mol. The van der Waals surface area contributed by atoms with Crippen molar-refractivity contribution in [3.8, 4) is 0 Å². The molecule has 3 nitrogen and oxygen atoms in total. The Hall–Kier alpha value is -1.35. The molecule has 1 heterocycles. The van der Waals surface area contributed by atoms with Crippen LogP contribution < -0.4 is 0 Å². The maximum Gasteiger partial charge on any atom is 0.338 e. The fraction of sp³-hybridized carbons (Fsp3) is 0.500. The standard InChI is InChI=1S/C14H18O3/c1-10-8-13(9-11(2)16-10)17-14(15)12-6-4-3-5-7-12/h3-7,10-11,13H,8-9H2,1-2H3. The molecule has 1 fully saturated rings. The Morgan fingerprint density at radius 3 is 2.35 bits per heavy atom. The first-order valence-corrected chi connectivity index (χ1v) is 6.06. The first-order chi connectivity index (χ1) is 8.15. The average Bonchev–Trinajstić information content (AvgIpc) is 2.28. The van der Waals surface area contributed by atoms with E-state index in [-0.39, 0.29) is 24.3 Å². The lowest BCUT2D eigenvalue weighted by Gasteiger charge is -2.31. The zero-order valence-corrected chi connectivity index (χ0v) is 10.3. The molecule has 2 unspecified atom stereocenters. The van der Waals surface area contributed by atoms with Crippen molar-refractivity contribution in [3.05, 3.63) is 35.9 Å². The normalized spacial score (nSPS) is 28.7. The second-order valence-electron chi connectivity index (χ2n) is 4.62. The minimum Gasteiger partial charge on any atom is -0.459 e. The van der Waals surface area contributed by atoms with Gasteiger partial charge in [0.05, 0.1) is 17.8 Å². The summed E-state index contributed by atoms with van der Waals surface area (Å²) >= 11 is 0. The van der Waals surface area contributed by atoms with Gasteiger partial charge in [0.15, 0.2) is 0 Å². The van der Waals surface area contributed by atoms with Gasteiger partial charge in [0.2, 0.25) is 0 Å². The molecule has 3 heteroatoms. The molecule has 0 spiro atoms. The Labute approximate surface area is 102 Å². The number of hydrogen-bond donors (Lipinski definition) is 0. The van der Waals surface area contributed by atoms with Crippen LogP contribution >= 0.6 is 0 Å². The number of carbonyl (C=O) groups excluding carboxylic acids is 1. The molecular weight excluding hydrogens is 216 g/mol. The maximum atomic E-state index is 11.9. The summed E-state index contributed by atoms with van der Waals surface area (Å²) in [6.07, 6.45) is 1.85. The molecule has 0 aliphatic carbocycles. The summed E-state index contributed by atoms with van der Waals surface area (Å²) in [4.78, 5) is 11.9. The Morgan fingerprint density at radius 1 is 1.18 bits per heavy atom. The highest BCUT2D eigenvalue weighted by Crippen LogP contribution is 2.22. The molecule has 1 aliphatic rings. The highest BCUT2D eigenvalue weighted by Gasteiger charge is 2.27. The SMILES string of the molecule is CC1CC(OC(=O)c2ccccc2)CC(C)O1. The predicted molar refractivity (Wildman–Crippen MR) is 64.9 cm³/mol. The average molecular weight is 234 g/mol. The number of rotatable bonds is 2. The summed E-state index contributed by atoms with van der Waals surface area (Å²) in [5.74, 6) is -0.239. The first-order valence-electron chi connectivity index (χ1n) is 6.06. The van der Waals surface area contributed by atoms with Crippen molar-refractivity contribution in [1.82, 2.24) is 0 Å². The van der Waals surface area contributed by atoms with Crippen molar-refractivity contribution >= 4 is 5.97 Å². The summed E-state index contributed by atoms with van der Waals surface area (Å²) in [5.41, 5.74) is 0.610. The zero-order chi connectivity index (χ0) is 12.3. The number of carbonyl (C=O) groups is 1. The minimum absolute atomic E-state index is 0.0264. The Bertz CT molecular complexity index is 364. The molecule has 0 amide bonds. The van der Waals surface area contributed by atoms with Crippen LogP contribution in [0.25, 0.3) is 0 Å². The van der Waals surface area contributed by atoms with Crippen molar-refractivity contribution in [3.63, 3.8) is 0 Å². The van der Waals surface area contributed by atoms with Gasteiger partial charge in [-0.25, -0.2) is 4.79 Å². The van der Waals surface area contributed by atoms with Crippen molar-refractivity contribution in [2.45, 2.75) is 45.0 Å². The van der Waals surface area contributed by atoms with Crippen LogP contribution in [0.2, 0.25) is 0 Å². The summed E-state index contributed by atoms with van der Waals surface area (Å²) < 4.78 is 11.1. The van der Waals surface area contributed by atoms with Crippen LogP contribution in [0.5, 0.6) is 0 Å². The van der Waals surface area contributed by atoms with E-state index in [9.17, 15) is 4.79 Å². The number of ether oxygens (including phenoxy) is 2. The lowest BCUT2D eigenvalue weighted by molar-refractivity contribution is -0.0855. The Morgan fingerprint density at radius 2 is 1.76 bits per heavy atom. The summed E-state index contributed by atoms with van der Waals surface area (Å²) in [6, 6.07) is 9.11. The van der Waals surface area contributed by atoms with Gasteiger partial charge in [0, 0.05) is 12.8 Å². The van der Waals surface area contributed by atoms with Crippen molar-refractivity contribution in [1.29, 1.82) is 0 Å². The lowest BCUT2D eigenvalue weighted by Crippen LogP contribution is -2.35. The van der Waals surface area contributed by atoms with Gasteiger partial charge in [-0.15, -0.1) is 0 Å². The van der Waals surface area contributed by atoms with Crippen LogP contribution in [-0.4, -0.2) is 24.3 Å². The Kier molecular flexibility index (Phi) is 3.79. The van der Waals surface area contributed by atoms with E-state index < -0.39 is 0 Å². The van der Waals surface area contributed by atoms with Gasteiger partial charge < -0.3 is 9.47 Å². The van der Waals surface area contributed by atoms with Gasteiger partial charge in [-0.3, -0.25) is 0 Å². The van der Waals surface area contributed by atoms with Gasteiger partial charge in [-0.1, -0.05) is 18.2 Å². The summed E-state index contributed by atoms with van der Waals surface area (Å²) in [6.45, 7) is 4.03. The van der Waals surface area contributed by atoms with E-state index in [0.29, 0.717) is 5.56 Å². The van der Waals surface area contributed by atoms with Gasteiger partial charge in [0.25, 0.3) is 0 Å². The minimum atomic E-state index is -0.239. The van der Waals surface area contributed by atoms with E-state index >= 15 is 0 Å². The third kappa shape index (κ3) is 3.30. The van der Waals surface area contributed by atoms with E-state index in [1.54, 1.807) is 12.1 Å². The quantitative estimate of drug-likeness (QED) is 0.738. The van der Waals surface area contributed by atoms with Crippen molar-refractivity contribution in [2.24, 2.45) is 0 Å². The number of hydrogen-bond acceptors (Lipinski definition) is 3. The van der Waals surface area contributed by atoms with Gasteiger partial charge >= 0.3 is 5.97 Å². The van der Waals surface area contributed by atoms with Crippen LogP contribution in [-0.2, 0) is 9.47 Å². The second-order valence-corrected chi connectivity index (χ2v) is 4.62. The van der Waals surface area contributed by atoms with Crippen LogP contribution in [0.1, 0.15) is 37.0 Å². The first kappa shape index (κ1) is 12.1. The van der Waals surface area contributed by atoms with Gasteiger partial charge in [-0.05, 0) is 26.0 Å². The molecule has 1 aromatic carbocycles. The highest BCUT2D eigenvalue weighted by molar-refractivity contribution is 5.89. The van der Waals surface area contributed by atoms with Gasteiger partial charge in [-0.2, -0.15) is 0 Å². The third-order valence-corrected chi connectivity index (χ3v) is 2.94. The fourth-order valence-electron chi connectivity index (χ4n) is 2.23. The van der Waals surface area contributed by atoms with E-state index in [1.807, 2.05) is 32.0 Å². The molecule has 0 aromatic heterocycles. The smallest absolute Gasteiger partial charge is 0.338 e. The van der Waals surface area contributed by atoms with E-state index in [4.69, 9.17) is 9.47 Å². The molecule has 0 N–H and O–H groups in total. The highest BCUT2D eigenvalue weighted by atomic mass is 16.6. The topological polar surface area (TPSA) is 35.5 Å². The predicted octanol–water partition coefficient (Wildman–Crippen LogP) is 2.80. The Balaban J connectivity index is 1.95. The zero-order valence-electron chi connectivity index (χ0n) is 10.3. The molecule has 0 radical (unpaired) electrons. The third-order valence-electron chi connectivity index (χ3n) is 2.94. The molecule has 17 heavy (non-hydrogen) atoms. The molecule has 2 rings (SSSR count). The summed E-state index contributed by atoms with van der Waals surface area (Å²) in [7, 11) is 0. The molecular formula is C14H18O3. The number of benzene rings is 1. The molecule has 0 saturated carbocycles. The molecule has 0 bridgehead atoms. The van der Waals surface area contributed by atoms with E-state index in [0.717, 1.165) is 12.8 Å².